The number of carbonyl (C=O) groups is 2. The van der Waals surface area contributed by atoms with Crippen LogP contribution in [0.5, 0.6) is 0 Å². The third-order valence-corrected chi connectivity index (χ3v) is 4.96. The number of nitrogens with zero attached hydrogens (tertiary/aromatic N) is 1. The predicted octanol–water partition coefficient (Wildman–Crippen LogP) is 4.14. The molecule has 0 fully saturated rings. The Morgan fingerprint density at radius 3 is 2.58 bits per heavy atom. The van der Waals surface area contributed by atoms with Crippen molar-refractivity contribution in [1.82, 2.24) is 4.57 Å². The summed E-state index contributed by atoms with van der Waals surface area (Å²) in [4.78, 5) is 24.5. The fourth-order valence-corrected chi connectivity index (χ4v) is 3.78. The summed E-state index contributed by atoms with van der Waals surface area (Å²) in [6, 6.07) is 18.2. The van der Waals surface area contributed by atoms with Crippen molar-refractivity contribution in [2.75, 3.05) is 0 Å². The largest absolute Gasteiger partial charge is 0.461 e. The second kappa shape index (κ2) is 6.79. The minimum atomic E-state index is -0.374. The van der Waals surface area contributed by atoms with Gasteiger partial charge in [-0.25, -0.2) is 0 Å². The Labute approximate surface area is 152 Å². The smallest absolute Gasteiger partial charge is 0.305 e. The molecule has 1 aromatic heterocycles. The molecule has 3 aromatic rings. The van der Waals surface area contributed by atoms with E-state index in [4.69, 9.17) is 4.74 Å². The van der Waals surface area contributed by atoms with Crippen LogP contribution in [-0.2, 0) is 22.5 Å². The van der Waals surface area contributed by atoms with Crippen LogP contribution in [0.2, 0.25) is 0 Å². The van der Waals surface area contributed by atoms with Gasteiger partial charge >= 0.3 is 5.97 Å². The number of benzene rings is 2. The summed E-state index contributed by atoms with van der Waals surface area (Å²) in [5.41, 5.74) is 3.99. The zero-order chi connectivity index (χ0) is 18.1. The zero-order valence-electron chi connectivity index (χ0n) is 14.8. The number of carbonyl (C=O) groups excluding carboxylic acids is 2. The lowest BCUT2D eigenvalue weighted by molar-refractivity contribution is -0.148. The molecule has 1 unspecified atom stereocenters. The number of ketones is 1. The molecule has 1 aliphatic rings. The lowest BCUT2D eigenvalue weighted by atomic mass is 9.92. The second-order valence-electron chi connectivity index (χ2n) is 6.71. The van der Waals surface area contributed by atoms with Crippen molar-refractivity contribution >= 4 is 22.7 Å². The first-order chi connectivity index (χ1) is 12.7. The summed E-state index contributed by atoms with van der Waals surface area (Å²) in [5.74, 6) is -0.194. The normalized spacial score (nSPS) is 16.5. The molecule has 1 atom stereocenters. The Morgan fingerprint density at radius 1 is 1.08 bits per heavy atom. The minimum absolute atomic E-state index is 0.0585. The number of hydrogen-bond acceptors (Lipinski definition) is 3. The molecule has 4 nitrogen and oxygen atoms in total. The second-order valence-corrected chi connectivity index (χ2v) is 6.71. The van der Waals surface area contributed by atoms with Gasteiger partial charge in [-0.05, 0) is 11.6 Å². The van der Waals surface area contributed by atoms with Gasteiger partial charge in [0.2, 0.25) is 0 Å². The Hall–Kier alpha value is -2.88. The van der Waals surface area contributed by atoms with E-state index >= 15 is 0 Å². The highest BCUT2D eigenvalue weighted by Crippen LogP contribution is 2.33. The maximum atomic E-state index is 12.8. The van der Waals surface area contributed by atoms with Crippen molar-refractivity contribution in [2.45, 2.75) is 38.8 Å². The SMILES string of the molecule is CCC(=O)OC1CC(=O)c2c(n(Cc3ccccc3)c3ccccc23)C1. The monoisotopic (exact) mass is 347 g/mol. The molecule has 0 bridgehead atoms. The van der Waals surface area contributed by atoms with Gasteiger partial charge in [0.05, 0.1) is 0 Å². The van der Waals surface area contributed by atoms with Crippen LogP contribution < -0.4 is 0 Å². The van der Waals surface area contributed by atoms with Gasteiger partial charge in [0.1, 0.15) is 6.10 Å². The van der Waals surface area contributed by atoms with Crippen molar-refractivity contribution in [3.63, 3.8) is 0 Å². The highest BCUT2D eigenvalue weighted by Gasteiger charge is 2.32. The number of Topliss-reactive ketones (excluding diaryl/α,β-unsaturated/α-hetero) is 1. The molecular formula is C22H21NO3. The van der Waals surface area contributed by atoms with Crippen LogP contribution >= 0.6 is 0 Å². The molecule has 1 aliphatic carbocycles. The van der Waals surface area contributed by atoms with Gasteiger partial charge in [-0.3, -0.25) is 9.59 Å². The predicted molar refractivity (Wildman–Crippen MR) is 100 cm³/mol. The van der Waals surface area contributed by atoms with Crippen LogP contribution in [0, 0.1) is 0 Å². The number of hydrogen-bond donors (Lipinski definition) is 0. The van der Waals surface area contributed by atoms with E-state index in [2.05, 4.69) is 22.8 Å². The average molecular weight is 347 g/mol. The highest BCUT2D eigenvalue weighted by atomic mass is 16.5. The Bertz CT molecular complexity index is 972. The molecule has 2 aromatic carbocycles. The number of esters is 1. The first kappa shape index (κ1) is 16.6. The summed E-state index contributed by atoms with van der Waals surface area (Å²) in [6.07, 6.45) is 0.790. The fourth-order valence-electron chi connectivity index (χ4n) is 3.78. The van der Waals surface area contributed by atoms with E-state index in [0.29, 0.717) is 19.4 Å². The lowest BCUT2D eigenvalue weighted by Gasteiger charge is -2.23. The molecule has 0 aliphatic heterocycles. The first-order valence-corrected chi connectivity index (χ1v) is 9.04. The number of fused-ring (bicyclic) bond motifs is 3. The maximum Gasteiger partial charge on any atom is 0.305 e. The average Bonchev–Trinajstić information content (AvgIpc) is 2.97. The molecule has 132 valence electrons. The third-order valence-electron chi connectivity index (χ3n) is 4.96. The third kappa shape index (κ3) is 2.92. The van der Waals surface area contributed by atoms with Gasteiger partial charge in [0.25, 0.3) is 0 Å². The van der Waals surface area contributed by atoms with Crippen LogP contribution in [0.1, 0.15) is 41.4 Å². The van der Waals surface area contributed by atoms with Crippen LogP contribution in [0.15, 0.2) is 54.6 Å². The molecule has 4 rings (SSSR count). The molecule has 0 amide bonds. The Balaban J connectivity index is 1.80. The van der Waals surface area contributed by atoms with E-state index in [0.717, 1.165) is 22.2 Å². The van der Waals surface area contributed by atoms with Crippen LogP contribution in [0.25, 0.3) is 10.9 Å². The van der Waals surface area contributed by atoms with E-state index in [1.54, 1.807) is 6.92 Å². The topological polar surface area (TPSA) is 48.3 Å². The fraction of sp³-hybridized carbons (Fsp3) is 0.273. The molecule has 0 N–H and O–H groups in total. The van der Waals surface area contributed by atoms with E-state index in [1.165, 1.54) is 5.56 Å². The molecule has 0 spiro atoms. The van der Waals surface area contributed by atoms with E-state index in [-0.39, 0.29) is 24.3 Å². The van der Waals surface area contributed by atoms with Gasteiger partial charge in [0.15, 0.2) is 5.78 Å². The summed E-state index contributed by atoms with van der Waals surface area (Å²) in [6.45, 7) is 2.46. The van der Waals surface area contributed by atoms with Gasteiger partial charge in [-0.15, -0.1) is 0 Å². The quantitative estimate of drug-likeness (QED) is 0.667. The summed E-state index contributed by atoms with van der Waals surface area (Å²) in [7, 11) is 0. The molecule has 0 radical (unpaired) electrons. The maximum absolute atomic E-state index is 12.8. The summed E-state index contributed by atoms with van der Waals surface area (Å²) >= 11 is 0. The van der Waals surface area contributed by atoms with Crippen molar-refractivity contribution in [3.8, 4) is 0 Å². The molecule has 1 heterocycles. The number of rotatable bonds is 4. The number of para-hydroxylation sites is 1. The minimum Gasteiger partial charge on any atom is -0.461 e. The van der Waals surface area contributed by atoms with Crippen molar-refractivity contribution < 1.29 is 14.3 Å². The summed E-state index contributed by atoms with van der Waals surface area (Å²) in [5, 5.41) is 0.990. The van der Waals surface area contributed by atoms with Crippen LogP contribution in [-0.4, -0.2) is 22.4 Å². The Kier molecular flexibility index (Phi) is 4.33. The molecule has 26 heavy (non-hydrogen) atoms. The van der Waals surface area contributed by atoms with Crippen molar-refractivity contribution in [2.24, 2.45) is 0 Å². The van der Waals surface area contributed by atoms with E-state index in [9.17, 15) is 9.59 Å². The first-order valence-electron chi connectivity index (χ1n) is 9.04. The summed E-state index contributed by atoms with van der Waals surface area (Å²) < 4.78 is 7.69. The van der Waals surface area contributed by atoms with E-state index in [1.807, 2.05) is 36.4 Å². The highest BCUT2D eigenvalue weighted by molar-refractivity contribution is 6.10. The lowest BCUT2D eigenvalue weighted by Crippen LogP contribution is -2.30. The molecule has 0 saturated carbocycles. The van der Waals surface area contributed by atoms with E-state index < -0.39 is 0 Å². The van der Waals surface area contributed by atoms with Gasteiger partial charge in [-0.1, -0.05) is 55.5 Å². The van der Waals surface area contributed by atoms with Crippen LogP contribution in [0.3, 0.4) is 0 Å². The van der Waals surface area contributed by atoms with Crippen molar-refractivity contribution in [3.05, 3.63) is 71.4 Å². The van der Waals surface area contributed by atoms with Gasteiger partial charge in [0, 0.05) is 48.0 Å². The van der Waals surface area contributed by atoms with Gasteiger partial charge in [-0.2, -0.15) is 0 Å². The zero-order valence-corrected chi connectivity index (χ0v) is 14.8. The molecule has 0 saturated heterocycles. The number of ether oxygens (including phenoxy) is 1. The Morgan fingerprint density at radius 2 is 1.81 bits per heavy atom. The van der Waals surface area contributed by atoms with Crippen LogP contribution in [0.4, 0.5) is 0 Å². The van der Waals surface area contributed by atoms with Gasteiger partial charge < -0.3 is 9.30 Å². The van der Waals surface area contributed by atoms with Crippen molar-refractivity contribution in [1.29, 1.82) is 0 Å². The molecule has 4 heteroatoms. The standard InChI is InChI=1S/C22H21NO3/c1-2-21(25)26-16-12-19-22(20(24)13-16)17-10-6-7-11-18(17)23(19)14-15-8-4-3-5-9-15/h3-11,16H,2,12-14H2,1H3. The molecular weight excluding hydrogens is 326 g/mol. The number of aromatic nitrogens is 1.